The fourth-order valence-corrected chi connectivity index (χ4v) is 2.44. The van der Waals surface area contributed by atoms with Gasteiger partial charge in [-0.3, -0.25) is 0 Å². The molecule has 0 saturated carbocycles. The topological polar surface area (TPSA) is 73.2 Å². The molecule has 0 unspecified atom stereocenters. The Balaban J connectivity index is 2.93. The Labute approximate surface area is 102 Å². The maximum atomic E-state index is 12.1. The van der Waals surface area contributed by atoms with Crippen molar-refractivity contribution in [3.05, 3.63) is 29.8 Å². The fourth-order valence-electron chi connectivity index (χ4n) is 1.27. The molecule has 17 heavy (non-hydrogen) atoms. The maximum Gasteiger partial charge on any atom is 0.242 e. The molecule has 0 radical (unpaired) electrons. The van der Waals surface area contributed by atoms with E-state index in [0.29, 0.717) is 18.7 Å². The molecule has 5 nitrogen and oxygen atoms in total. The zero-order chi connectivity index (χ0) is 12.9. The van der Waals surface area contributed by atoms with Gasteiger partial charge in [-0.2, -0.15) is 9.57 Å². The largest absolute Gasteiger partial charge is 0.318 e. The van der Waals surface area contributed by atoms with Crippen LogP contribution in [0, 0.1) is 11.3 Å². The van der Waals surface area contributed by atoms with E-state index < -0.39 is 10.0 Å². The SMILES string of the molecule is CNCCN(C)S(=O)(=O)c1ccc(C#N)cc1. The van der Waals surface area contributed by atoms with Gasteiger partial charge in [-0.25, -0.2) is 8.42 Å². The molecule has 1 aromatic carbocycles. The number of hydrogen-bond donors (Lipinski definition) is 1. The van der Waals surface area contributed by atoms with Crippen LogP contribution in [0.5, 0.6) is 0 Å². The Kier molecular flexibility index (Phi) is 4.63. The highest BCUT2D eigenvalue weighted by atomic mass is 32.2. The molecule has 0 bridgehead atoms. The van der Waals surface area contributed by atoms with Crippen LogP contribution in [0.2, 0.25) is 0 Å². The van der Waals surface area contributed by atoms with Gasteiger partial charge in [0.05, 0.1) is 16.5 Å². The molecule has 0 aliphatic carbocycles. The lowest BCUT2D eigenvalue weighted by atomic mass is 10.2. The molecule has 6 heteroatoms. The van der Waals surface area contributed by atoms with Gasteiger partial charge in [0.2, 0.25) is 10.0 Å². The second-order valence-corrected chi connectivity index (χ2v) is 5.61. The van der Waals surface area contributed by atoms with Crippen molar-refractivity contribution in [1.82, 2.24) is 9.62 Å². The van der Waals surface area contributed by atoms with Crippen LogP contribution >= 0.6 is 0 Å². The van der Waals surface area contributed by atoms with E-state index in [1.54, 1.807) is 7.05 Å². The predicted molar refractivity (Wildman–Crippen MR) is 64.9 cm³/mol. The van der Waals surface area contributed by atoms with E-state index in [1.807, 2.05) is 6.07 Å². The molecule has 0 aliphatic heterocycles. The van der Waals surface area contributed by atoms with Crippen molar-refractivity contribution in [3.8, 4) is 6.07 Å². The molecule has 1 aromatic rings. The van der Waals surface area contributed by atoms with Crippen molar-refractivity contribution in [3.63, 3.8) is 0 Å². The molecular weight excluding hydrogens is 238 g/mol. The highest BCUT2D eigenvalue weighted by Gasteiger charge is 2.19. The van der Waals surface area contributed by atoms with Crippen LogP contribution in [-0.4, -0.2) is 39.9 Å². The Morgan fingerprint density at radius 1 is 1.35 bits per heavy atom. The Bertz CT molecular complexity index is 503. The van der Waals surface area contributed by atoms with Crippen LogP contribution in [0.1, 0.15) is 5.56 Å². The smallest absolute Gasteiger partial charge is 0.242 e. The first-order valence-corrected chi connectivity index (χ1v) is 6.57. The number of benzene rings is 1. The molecule has 1 N–H and O–H groups in total. The lowest BCUT2D eigenvalue weighted by Gasteiger charge is -2.16. The molecule has 1 rings (SSSR count). The van der Waals surface area contributed by atoms with Gasteiger partial charge >= 0.3 is 0 Å². The van der Waals surface area contributed by atoms with E-state index in [9.17, 15) is 8.42 Å². The number of rotatable bonds is 5. The lowest BCUT2D eigenvalue weighted by molar-refractivity contribution is 0.466. The van der Waals surface area contributed by atoms with E-state index in [1.165, 1.54) is 35.6 Å². The molecule has 92 valence electrons. The Morgan fingerprint density at radius 2 is 1.94 bits per heavy atom. The molecule has 0 aromatic heterocycles. The van der Waals surface area contributed by atoms with Crippen LogP contribution in [0.4, 0.5) is 0 Å². The van der Waals surface area contributed by atoms with Crippen LogP contribution < -0.4 is 5.32 Å². The van der Waals surface area contributed by atoms with Crippen LogP contribution in [0.15, 0.2) is 29.2 Å². The van der Waals surface area contributed by atoms with Crippen molar-refractivity contribution in [2.75, 3.05) is 27.2 Å². The van der Waals surface area contributed by atoms with Gasteiger partial charge in [0.1, 0.15) is 0 Å². The summed E-state index contributed by atoms with van der Waals surface area (Å²) in [6.45, 7) is 0.991. The minimum absolute atomic E-state index is 0.204. The third-order valence-electron chi connectivity index (χ3n) is 2.37. The summed E-state index contributed by atoms with van der Waals surface area (Å²) in [5.41, 5.74) is 0.446. The van der Waals surface area contributed by atoms with Crippen molar-refractivity contribution in [2.45, 2.75) is 4.90 Å². The van der Waals surface area contributed by atoms with Gasteiger partial charge in [0.25, 0.3) is 0 Å². The number of nitriles is 1. The summed E-state index contributed by atoms with van der Waals surface area (Å²) in [4.78, 5) is 0.204. The monoisotopic (exact) mass is 253 g/mol. The van der Waals surface area contributed by atoms with Crippen LogP contribution in [-0.2, 0) is 10.0 Å². The fraction of sp³-hybridized carbons (Fsp3) is 0.364. The molecule has 0 atom stereocenters. The minimum Gasteiger partial charge on any atom is -0.318 e. The van der Waals surface area contributed by atoms with Crippen molar-refractivity contribution in [1.29, 1.82) is 5.26 Å². The first-order chi connectivity index (χ1) is 8.02. The summed E-state index contributed by atoms with van der Waals surface area (Å²) in [6.07, 6.45) is 0. The lowest BCUT2D eigenvalue weighted by Crippen LogP contribution is -2.32. The van der Waals surface area contributed by atoms with Gasteiger partial charge in [-0.1, -0.05) is 0 Å². The summed E-state index contributed by atoms with van der Waals surface area (Å²) < 4.78 is 25.4. The maximum absolute atomic E-state index is 12.1. The molecular formula is C11H15N3O2S. The van der Waals surface area contributed by atoms with Crippen molar-refractivity contribution in [2.24, 2.45) is 0 Å². The molecule has 0 heterocycles. The molecule has 0 fully saturated rings. The summed E-state index contributed by atoms with van der Waals surface area (Å²) in [6, 6.07) is 7.84. The summed E-state index contributed by atoms with van der Waals surface area (Å²) in [7, 11) is -0.154. The second-order valence-electron chi connectivity index (χ2n) is 3.57. The highest BCUT2D eigenvalue weighted by molar-refractivity contribution is 7.89. The van der Waals surface area contributed by atoms with Crippen molar-refractivity contribution < 1.29 is 8.42 Å². The van der Waals surface area contributed by atoms with Gasteiger partial charge < -0.3 is 5.32 Å². The average Bonchev–Trinajstić information content (AvgIpc) is 2.35. The molecule has 0 amide bonds. The Hall–Kier alpha value is -1.42. The van der Waals surface area contributed by atoms with E-state index >= 15 is 0 Å². The molecule has 0 saturated heterocycles. The third-order valence-corrected chi connectivity index (χ3v) is 4.24. The zero-order valence-electron chi connectivity index (χ0n) is 9.84. The highest BCUT2D eigenvalue weighted by Crippen LogP contribution is 2.14. The first-order valence-electron chi connectivity index (χ1n) is 5.13. The van der Waals surface area contributed by atoms with Gasteiger partial charge in [-0.15, -0.1) is 0 Å². The number of nitrogens with zero attached hydrogens (tertiary/aromatic N) is 2. The minimum atomic E-state index is -3.45. The van der Waals surface area contributed by atoms with Gasteiger partial charge in [-0.05, 0) is 31.3 Å². The number of nitrogens with one attached hydrogen (secondary N) is 1. The summed E-state index contributed by atoms with van der Waals surface area (Å²) in [5, 5.41) is 11.5. The van der Waals surface area contributed by atoms with Gasteiger partial charge in [0, 0.05) is 20.1 Å². The Morgan fingerprint density at radius 3 is 2.41 bits per heavy atom. The molecule has 0 aliphatic rings. The van der Waals surface area contributed by atoms with Crippen LogP contribution in [0.3, 0.4) is 0 Å². The quantitative estimate of drug-likeness (QED) is 0.824. The van der Waals surface area contributed by atoms with E-state index in [-0.39, 0.29) is 4.90 Å². The predicted octanol–water partition coefficient (Wildman–Crippen LogP) is 0.398. The average molecular weight is 253 g/mol. The molecule has 0 spiro atoms. The number of hydrogen-bond acceptors (Lipinski definition) is 4. The van der Waals surface area contributed by atoms with E-state index in [4.69, 9.17) is 5.26 Å². The van der Waals surface area contributed by atoms with E-state index in [0.717, 1.165) is 0 Å². The third kappa shape index (κ3) is 3.27. The zero-order valence-corrected chi connectivity index (χ0v) is 10.7. The van der Waals surface area contributed by atoms with Crippen LogP contribution in [0.25, 0.3) is 0 Å². The number of sulfonamides is 1. The summed E-state index contributed by atoms with van der Waals surface area (Å²) in [5.74, 6) is 0. The van der Waals surface area contributed by atoms with Gasteiger partial charge in [0.15, 0.2) is 0 Å². The number of likely N-dealkylation sites (N-methyl/N-ethyl adjacent to an activating group) is 2. The normalized spacial score (nSPS) is 11.4. The first kappa shape index (κ1) is 13.6. The second kappa shape index (κ2) is 5.77. The standard InChI is InChI=1S/C11H15N3O2S/c1-13-7-8-14(2)17(15,16)11-5-3-10(9-12)4-6-11/h3-6,13H,7-8H2,1-2H3. The van der Waals surface area contributed by atoms with E-state index in [2.05, 4.69) is 5.32 Å². The summed E-state index contributed by atoms with van der Waals surface area (Å²) >= 11 is 0. The van der Waals surface area contributed by atoms with Crippen molar-refractivity contribution >= 4 is 10.0 Å².